The van der Waals surface area contributed by atoms with E-state index < -0.39 is 0 Å². The number of carbonyl (C=O) groups is 2. The van der Waals surface area contributed by atoms with Gasteiger partial charge >= 0.3 is 0 Å². The number of hydrogen-bond donors (Lipinski definition) is 1. The summed E-state index contributed by atoms with van der Waals surface area (Å²) >= 11 is 0. The maximum Gasteiger partial charge on any atom is 0.259 e. The first-order chi connectivity index (χ1) is 12.8. The van der Waals surface area contributed by atoms with E-state index in [0.717, 1.165) is 17.5 Å². The van der Waals surface area contributed by atoms with Gasteiger partial charge in [-0.3, -0.25) is 14.5 Å². The Balaban J connectivity index is 1.74. The molecular weight excluding hydrogens is 336 g/mol. The molecule has 0 fully saturated rings. The number of hydrogen-bond acceptors (Lipinski definition) is 2. The number of nitrogens with one attached hydrogen (secondary N) is 1. The van der Waals surface area contributed by atoms with E-state index in [-0.39, 0.29) is 29.8 Å². The van der Waals surface area contributed by atoms with Crippen LogP contribution in [0.4, 0.5) is 0 Å². The van der Waals surface area contributed by atoms with E-state index in [1.165, 1.54) is 4.90 Å². The van der Waals surface area contributed by atoms with Crippen LogP contribution in [0.25, 0.3) is 5.70 Å². The Bertz CT molecular complexity index is 830. The Hall–Kier alpha value is -2.88. The first-order valence-corrected chi connectivity index (χ1v) is 9.21. The number of carbonyl (C=O) groups excluding carboxylic acids is 2. The summed E-state index contributed by atoms with van der Waals surface area (Å²) in [4.78, 5) is 26.8. The second kappa shape index (κ2) is 7.39. The van der Waals surface area contributed by atoms with Gasteiger partial charge in [0.25, 0.3) is 5.91 Å². The second-order valence-electron chi connectivity index (χ2n) is 8.18. The first-order valence-electron chi connectivity index (χ1n) is 9.21. The van der Waals surface area contributed by atoms with Gasteiger partial charge in [-0.2, -0.15) is 0 Å². The summed E-state index contributed by atoms with van der Waals surface area (Å²) < 4.78 is 0. The van der Waals surface area contributed by atoms with Gasteiger partial charge in [0.15, 0.2) is 0 Å². The predicted molar refractivity (Wildman–Crippen MR) is 108 cm³/mol. The van der Waals surface area contributed by atoms with Gasteiger partial charge in [0.05, 0.1) is 6.04 Å². The molecule has 2 aromatic rings. The van der Waals surface area contributed by atoms with Gasteiger partial charge in [0.2, 0.25) is 5.91 Å². The predicted octanol–water partition coefficient (Wildman–Crippen LogP) is 4.41. The molecule has 1 N–H and O–H groups in total. The average molecular weight is 362 g/mol. The third kappa shape index (κ3) is 4.27. The van der Waals surface area contributed by atoms with Gasteiger partial charge in [-0.15, -0.1) is 0 Å². The quantitative estimate of drug-likeness (QED) is 0.857. The molecule has 0 saturated heterocycles. The van der Waals surface area contributed by atoms with Crippen LogP contribution in [-0.4, -0.2) is 23.3 Å². The SMILES string of the molecule is C=C1c2ccccc2C(=O)N1CC(=O)NC(CC(C)(C)C)c1ccccc1. The molecule has 4 heteroatoms. The molecule has 1 heterocycles. The highest BCUT2D eigenvalue weighted by Crippen LogP contribution is 2.32. The molecule has 27 heavy (non-hydrogen) atoms. The monoisotopic (exact) mass is 362 g/mol. The molecule has 0 aromatic heterocycles. The van der Waals surface area contributed by atoms with Gasteiger partial charge in [-0.25, -0.2) is 0 Å². The summed E-state index contributed by atoms with van der Waals surface area (Å²) in [7, 11) is 0. The topological polar surface area (TPSA) is 49.4 Å². The van der Waals surface area contributed by atoms with Gasteiger partial charge in [0, 0.05) is 16.8 Å². The van der Waals surface area contributed by atoms with Crippen molar-refractivity contribution in [3.63, 3.8) is 0 Å². The smallest absolute Gasteiger partial charge is 0.259 e. The highest BCUT2D eigenvalue weighted by Gasteiger charge is 2.32. The van der Waals surface area contributed by atoms with E-state index in [9.17, 15) is 9.59 Å². The van der Waals surface area contributed by atoms with Crippen LogP contribution in [0.3, 0.4) is 0 Å². The van der Waals surface area contributed by atoms with Crippen molar-refractivity contribution in [2.75, 3.05) is 6.54 Å². The lowest BCUT2D eigenvalue weighted by Gasteiger charge is -2.28. The number of fused-ring (bicyclic) bond motifs is 1. The Morgan fingerprint density at radius 3 is 2.22 bits per heavy atom. The molecule has 2 aromatic carbocycles. The third-order valence-electron chi connectivity index (χ3n) is 4.69. The van der Waals surface area contributed by atoms with Gasteiger partial charge in [-0.05, 0) is 23.5 Å². The number of benzene rings is 2. The third-order valence-corrected chi connectivity index (χ3v) is 4.69. The fourth-order valence-corrected chi connectivity index (χ4v) is 3.44. The zero-order valence-electron chi connectivity index (χ0n) is 16.2. The highest BCUT2D eigenvalue weighted by molar-refractivity contribution is 6.10. The summed E-state index contributed by atoms with van der Waals surface area (Å²) in [5, 5.41) is 3.11. The van der Waals surface area contributed by atoms with E-state index in [2.05, 4.69) is 32.7 Å². The minimum atomic E-state index is -0.185. The molecule has 0 spiro atoms. The minimum Gasteiger partial charge on any atom is -0.348 e. The summed E-state index contributed by atoms with van der Waals surface area (Å²) in [6.45, 7) is 10.4. The van der Waals surface area contributed by atoms with Gasteiger partial charge in [-0.1, -0.05) is 75.9 Å². The maximum atomic E-state index is 12.8. The first kappa shape index (κ1) is 18.9. The lowest BCUT2D eigenvalue weighted by Crippen LogP contribution is -2.39. The molecule has 4 nitrogen and oxygen atoms in total. The maximum absolute atomic E-state index is 12.8. The lowest BCUT2D eigenvalue weighted by molar-refractivity contribution is -0.122. The second-order valence-corrected chi connectivity index (χ2v) is 8.18. The Morgan fingerprint density at radius 2 is 1.63 bits per heavy atom. The molecule has 3 rings (SSSR count). The summed E-state index contributed by atoms with van der Waals surface area (Å²) in [5.41, 5.74) is 3.10. The van der Waals surface area contributed by atoms with Crippen LogP contribution in [0.15, 0.2) is 61.2 Å². The van der Waals surface area contributed by atoms with E-state index in [0.29, 0.717) is 11.3 Å². The zero-order valence-corrected chi connectivity index (χ0v) is 16.2. The molecule has 1 aliphatic heterocycles. The van der Waals surface area contributed by atoms with Crippen LogP contribution < -0.4 is 5.32 Å². The molecule has 140 valence electrons. The van der Waals surface area contributed by atoms with E-state index in [1.54, 1.807) is 6.07 Å². The molecule has 0 saturated carbocycles. The van der Waals surface area contributed by atoms with Crippen molar-refractivity contribution in [1.82, 2.24) is 10.2 Å². The normalized spacial score (nSPS) is 14.9. The Morgan fingerprint density at radius 1 is 1.04 bits per heavy atom. The fourth-order valence-electron chi connectivity index (χ4n) is 3.44. The number of rotatable bonds is 5. The van der Waals surface area contributed by atoms with Crippen LogP contribution >= 0.6 is 0 Å². The van der Waals surface area contributed by atoms with E-state index in [1.807, 2.05) is 48.5 Å². The standard InChI is InChI=1S/C23H26N2O2/c1-16-18-12-8-9-13-19(18)22(27)25(16)15-21(26)24-20(14-23(2,3)4)17-10-6-5-7-11-17/h5-13,20H,1,14-15H2,2-4H3,(H,24,26). The van der Waals surface area contributed by atoms with Gasteiger partial charge < -0.3 is 5.32 Å². The minimum absolute atomic E-state index is 0.0280. The van der Waals surface area contributed by atoms with E-state index >= 15 is 0 Å². The van der Waals surface area contributed by atoms with Crippen molar-refractivity contribution in [3.8, 4) is 0 Å². The molecular formula is C23H26N2O2. The van der Waals surface area contributed by atoms with Crippen LogP contribution in [0.2, 0.25) is 0 Å². The summed E-state index contributed by atoms with van der Waals surface area (Å²) in [6.07, 6.45) is 0.803. The van der Waals surface area contributed by atoms with Crippen LogP contribution in [0.5, 0.6) is 0 Å². The molecule has 0 aliphatic carbocycles. The van der Waals surface area contributed by atoms with Crippen molar-refractivity contribution in [2.45, 2.75) is 33.2 Å². The molecule has 1 aliphatic rings. The highest BCUT2D eigenvalue weighted by atomic mass is 16.2. The summed E-state index contributed by atoms with van der Waals surface area (Å²) in [5.74, 6) is -0.353. The Kier molecular flexibility index (Phi) is 5.17. The largest absolute Gasteiger partial charge is 0.348 e. The summed E-state index contributed by atoms with van der Waals surface area (Å²) in [6, 6.07) is 17.2. The fraction of sp³-hybridized carbons (Fsp3) is 0.304. The van der Waals surface area contributed by atoms with Crippen molar-refractivity contribution in [3.05, 3.63) is 77.9 Å². The molecule has 0 bridgehead atoms. The van der Waals surface area contributed by atoms with Crippen molar-refractivity contribution in [1.29, 1.82) is 0 Å². The number of nitrogens with zero attached hydrogens (tertiary/aromatic N) is 1. The van der Waals surface area contributed by atoms with Crippen LogP contribution in [-0.2, 0) is 4.79 Å². The molecule has 0 radical (unpaired) electrons. The molecule has 2 amide bonds. The van der Waals surface area contributed by atoms with Crippen LogP contribution in [0.1, 0.15) is 54.7 Å². The van der Waals surface area contributed by atoms with Crippen molar-refractivity contribution in [2.24, 2.45) is 5.41 Å². The van der Waals surface area contributed by atoms with E-state index in [4.69, 9.17) is 0 Å². The molecule has 1 atom stereocenters. The average Bonchev–Trinajstić information content (AvgIpc) is 2.86. The number of amides is 2. The molecule has 1 unspecified atom stereocenters. The Labute approximate surface area is 160 Å². The van der Waals surface area contributed by atoms with Gasteiger partial charge in [0.1, 0.15) is 6.54 Å². The van der Waals surface area contributed by atoms with Crippen LogP contribution in [0, 0.1) is 5.41 Å². The van der Waals surface area contributed by atoms with Crippen molar-refractivity contribution < 1.29 is 9.59 Å². The lowest BCUT2D eigenvalue weighted by atomic mass is 9.85. The van der Waals surface area contributed by atoms with Crippen molar-refractivity contribution >= 4 is 17.5 Å². The zero-order chi connectivity index (χ0) is 19.6.